The van der Waals surface area contributed by atoms with Crippen molar-refractivity contribution < 1.29 is 4.79 Å². The maximum atomic E-state index is 11.8. The third-order valence-corrected chi connectivity index (χ3v) is 2.92. The molecule has 1 aliphatic rings. The van der Waals surface area contributed by atoms with Crippen LogP contribution in [0, 0.1) is 11.8 Å². The van der Waals surface area contributed by atoms with Crippen molar-refractivity contribution in [3.63, 3.8) is 0 Å². The molecule has 1 aromatic rings. The Labute approximate surface area is 82.7 Å². The smallest absolute Gasteiger partial charge is 0.167 e. The molecular weight excluding hydrogens is 184 g/mol. The summed E-state index contributed by atoms with van der Waals surface area (Å²) in [6, 6.07) is 7.26. The van der Waals surface area contributed by atoms with Crippen LogP contribution in [0.15, 0.2) is 24.3 Å². The zero-order valence-electron chi connectivity index (χ0n) is 7.46. The first kappa shape index (κ1) is 8.76. The van der Waals surface area contributed by atoms with Gasteiger partial charge in [0.25, 0.3) is 0 Å². The largest absolute Gasteiger partial charge is 0.294 e. The lowest BCUT2D eigenvalue weighted by molar-refractivity contribution is 0.0962. The molecule has 0 saturated heterocycles. The van der Waals surface area contributed by atoms with Crippen LogP contribution in [0.25, 0.3) is 0 Å². The van der Waals surface area contributed by atoms with Gasteiger partial charge in [-0.05, 0) is 24.5 Å². The number of halogens is 1. The first-order valence-electron chi connectivity index (χ1n) is 4.49. The molecule has 0 spiro atoms. The van der Waals surface area contributed by atoms with Gasteiger partial charge in [-0.1, -0.05) is 30.7 Å². The molecule has 1 nitrogen and oxygen atoms in total. The summed E-state index contributed by atoms with van der Waals surface area (Å²) in [7, 11) is 0. The fourth-order valence-corrected chi connectivity index (χ4v) is 1.78. The molecule has 1 aromatic carbocycles. The molecule has 2 unspecified atom stereocenters. The van der Waals surface area contributed by atoms with Crippen molar-refractivity contribution in [1.29, 1.82) is 0 Å². The summed E-state index contributed by atoms with van der Waals surface area (Å²) < 4.78 is 0. The zero-order valence-corrected chi connectivity index (χ0v) is 8.21. The van der Waals surface area contributed by atoms with Gasteiger partial charge in [-0.2, -0.15) is 0 Å². The first-order valence-corrected chi connectivity index (χ1v) is 4.86. The van der Waals surface area contributed by atoms with Crippen molar-refractivity contribution in [2.75, 3.05) is 0 Å². The Morgan fingerprint density at radius 2 is 2.08 bits per heavy atom. The summed E-state index contributed by atoms with van der Waals surface area (Å²) in [6.45, 7) is 2.10. The van der Waals surface area contributed by atoms with Crippen molar-refractivity contribution in [1.82, 2.24) is 0 Å². The van der Waals surface area contributed by atoms with E-state index in [0.29, 0.717) is 16.5 Å². The molecule has 0 N–H and O–H groups in total. The van der Waals surface area contributed by atoms with Crippen LogP contribution in [-0.2, 0) is 0 Å². The van der Waals surface area contributed by atoms with Crippen LogP contribution in [0.3, 0.4) is 0 Å². The average molecular weight is 195 g/mol. The highest BCUT2D eigenvalue weighted by Crippen LogP contribution is 2.41. The highest BCUT2D eigenvalue weighted by Gasteiger charge is 2.39. The van der Waals surface area contributed by atoms with Gasteiger partial charge in [0.15, 0.2) is 5.78 Å². The number of carbonyl (C=O) groups is 1. The van der Waals surface area contributed by atoms with Gasteiger partial charge in [-0.3, -0.25) is 4.79 Å². The SMILES string of the molecule is CC1CC1C(=O)c1ccccc1Cl. The maximum Gasteiger partial charge on any atom is 0.167 e. The number of rotatable bonds is 2. The van der Waals surface area contributed by atoms with Gasteiger partial charge in [0, 0.05) is 11.5 Å². The molecule has 0 radical (unpaired) electrons. The summed E-state index contributed by atoms with van der Waals surface area (Å²) in [6.07, 6.45) is 1.02. The van der Waals surface area contributed by atoms with Gasteiger partial charge in [0.2, 0.25) is 0 Å². The summed E-state index contributed by atoms with van der Waals surface area (Å²) in [5, 5.41) is 0.576. The Bertz CT molecular complexity index is 346. The molecule has 0 bridgehead atoms. The minimum absolute atomic E-state index is 0.207. The fourth-order valence-electron chi connectivity index (χ4n) is 1.55. The summed E-state index contributed by atoms with van der Waals surface area (Å²) in [4.78, 5) is 11.8. The van der Waals surface area contributed by atoms with Crippen LogP contribution < -0.4 is 0 Å². The van der Waals surface area contributed by atoms with Crippen molar-refractivity contribution in [3.8, 4) is 0 Å². The maximum absolute atomic E-state index is 11.8. The third-order valence-electron chi connectivity index (χ3n) is 2.59. The molecule has 0 aromatic heterocycles. The van der Waals surface area contributed by atoms with Crippen LogP contribution in [0.1, 0.15) is 23.7 Å². The van der Waals surface area contributed by atoms with Crippen molar-refractivity contribution >= 4 is 17.4 Å². The Balaban J connectivity index is 2.25. The minimum Gasteiger partial charge on any atom is -0.294 e. The molecule has 2 heteroatoms. The molecular formula is C11H11ClO. The highest BCUT2D eigenvalue weighted by atomic mass is 35.5. The normalized spacial score (nSPS) is 25.7. The Morgan fingerprint density at radius 3 is 2.62 bits per heavy atom. The van der Waals surface area contributed by atoms with Gasteiger partial charge in [-0.15, -0.1) is 0 Å². The number of carbonyl (C=O) groups excluding carboxylic acids is 1. The van der Waals surface area contributed by atoms with Crippen molar-refractivity contribution in [2.45, 2.75) is 13.3 Å². The van der Waals surface area contributed by atoms with Crippen molar-refractivity contribution in [3.05, 3.63) is 34.9 Å². The first-order chi connectivity index (χ1) is 6.20. The van der Waals surface area contributed by atoms with Gasteiger partial charge >= 0.3 is 0 Å². The molecule has 0 aliphatic heterocycles. The second-order valence-electron chi connectivity index (χ2n) is 3.66. The zero-order chi connectivity index (χ0) is 9.42. The molecule has 1 saturated carbocycles. The topological polar surface area (TPSA) is 17.1 Å². The highest BCUT2D eigenvalue weighted by molar-refractivity contribution is 6.34. The number of hydrogen-bond donors (Lipinski definition) is 0. The van der Waals surface area contributed by atoms with E-state index in [1.54, 1.807) is 12.1 Å². The van der Waals surface area contributed by atoms with E-state index in [9.17, 15) is 4.79 Å². The number of Topliss-reactive ketones (excluding diaryl/α,β-unsaturated/α-hetero) is 1. The lowest BCUT2D eigenvalue weighted by Gasteiger charge is -2.00. The lowest BCUT2D eigenvalue weighted by atomic mass is 10.1. The van der Waals surface area contributed by atoms with Crippen LogP contribution >= 0.6 is 11.6 Å². The Kier molecular flexibility index (Phi) is 2.12. The molecule has 0 amide bonds. The van der Waals surface area contributed by atoms with E-state index in [1.807, 2.05) is 12.1 Å². The van der Waals surface area contributed by atoms with Crippen LogP contribution in [0.2, 0.25) is 5.02 Å². The average Bonchev–Trinajstić information content (AvgIpc) is 2.82. The molecule has 68 valence electrons. The van der Waals surface area contributed by atoms with Crippen LogP contribution in [-0.4, -0.2) is 5.78 Å². The monoisotopic (exact) mass is 194 g/mol. The van der Waals surface area contributed by atoms with E-state index >= 15 is 0 Å². The van der Waals surface area contributed by atoms with E-state index in [0.717, 1.165) is 6.42 Å². The quantitative estimate of drug-likeness (QED) is 0.661. The van der Waals surface area contributed by atoms with Gasteiger partial charge in [-0.25, -0.2) is 0 Å². The molecule has 0 heterocycles. The molecule has 1 aliphatic carbocycles. The second-order valence-corrected chi connectivity index (χ2v) is 4.07. The van der Waals surface area contributed by atoms with Gasteiger partial charge < -0.3 is 0 Å². The standard InChI is InChI=1S/C11H11ClO/c1-7-6-9(7)11(13)8-4-2-3-5-10(8)12/h2-5,7,9H,6H2,1H3. The van der Waals surface area contributed by atoms with E-state index in [-0.39, 0.29) is 11.7 Å². The lowest BCUT2D eigenvalue weighted by Crippen LogP contribution is -2.03. The second kappa shape index (κ2) is 3.15. The third kappa shape index (κ3) is 1.61. The van der Waals surface area contributed by atoms with E-state index in [4.69, 9.17) is 11.6 Å². The number of ketones is 1. The number of benzene rings is 1. The predicted octanol–water partition coefficient (Wildman–Crippen LogP) is 3.18. The van der Waals surface area contributed by atoms with E-state index in [1.165, 1.54) is 0 Å². The van der Waals surface area contributed by atoms with Crippen molar-refractivity contribution in [2.24, 2.45) is 11.8 Å². The summed E-state index contributed by atoms with van der Waals surface area (Å²) in [5.41, 5.74) is 0.679. The predicted molar refractivity (Wildman–Crippen MR) is 53.1 cm³/mol. The van der Waals surface area contributed by atoms with Crippen LogP contribution in [0.4, 0.5) is 0 Å². The summed E-state index contributed by atoms with van der Waals surface area (Å²) >= 11 is 5.92. The van der Waals surface area contributed by atoms with E-state index in [2.05, 4.69) is 6.92 Å². The molecule has 2 rings (SSSR count). The van der Waals surface area contributed by atoms with Gasteiger partial charge in [0.05, 0.1) is 5.02 Å². The van der Waals surface area contributed by atoms with E-state index < -0.39 is 0 Å². The van der Waals surface area contributed by atoms with Gasteiger partial charge in [0.1, 0.15) is 0 Å². The molecule has 2 atom stereocenters. The minimum atomic E-state index is 0.207. The molecule has 13 heavy (non-hydrogen) atoms. The molecule has 1 fully saturated rings. The fraction of sp³-hybridized carbons (Fsp3) is 0.364. The summed E-state index contributed by atoms with van der Waals surface area (Å²) in [5.74, 6) is 0.974. The van der Waals surface area contributed by atoms with Crippen LogP contribution in [0.5, 0.6) is 0 Å². The Hall–Kier alpha value is -0.820. The number of hydrogen-bond acceptors (Lipinski definition) is 1. The Morgan fingerprint density at radius 1 is 1.46 bits per heavy atom.